The van der Waals surface area contributed by atoms with E-state index in [1.807, 2.05) is 6.92 Å². The molecule has 0 spiro atoms. The van der Waals surface area contributed by atoms with Crippen LogP contribution in [0.3, 0.4) is 0 Å². The molecule has 2 rings (SSSR count). The quantitative estimate of drug-likeness (QED) is 0.462. The molecule has 0 aliphatic heterocycles. The summed E-state index contributed by atoms with van der Waals surface area (Å²) < 4.78 is 44.3. The van der Waals surface area contributed by atoms with Gasteiger partial charge >= 0.3 is 12.1 Å². The Hall–Kier alpha value is -1.77. The SMILES string of the molecule is CCCCOC(=O)CSc1nnc2ccc(C(F)(F)F)cn12. The van der Waals surface area contributed by atoms with E-state index in [1.165, 1.54) is 10.5 Å². The standard InChI is InChI=1S/C13H14F3N3O2S/c1-2-3-6-21-11(20)8-22-12-18-17-10-5-4-9(7-19(10)12)13(14,15)16/h4-5,7H,2-3,6,8H2,1H3. The summed E-state index contributed by atoms with van der Waals surface area (Å²) in [6.45, 7) is 2.32. The Balaban J connectivity index is 2.06. The molecule has 0 saturated carbocycles. The zero-order valence-electron chi connectivity index (χ0n) is 11.8. The van der Waals surface area contributed by atoms with Crippen molar-refractivity contribution in [2.45, 2.75) is 31.1 Å². The van der Waals surface area contributed by atoms with Gasteiger partial charge < -0.3 is 4.74 Å². The van der Waals surface area contributed by atoms with Crippen LogP contribution in [0.1, 0.15) is 25.3 Å². The van der Waals surface area contributed by atoms with Crippen LogP contribution in [0, 0.1) is 0 Å². The Morgan fingerprint density at radius 2 is 2.14 bits per heavy atom. The van der Waals surface area contributed by atoms with Crippen LogP contribution in [0.15, 0.2) is 23.5 Å². The molecule has 2 heterocycles. The lowest BCUT2D eigenvalue weighted by Gasteiger charge is -2.07. The van der Waals surface area contributed by atoms with E-state index in [9.17, 15) is 18.0 Å². The minimum absolute atomic E-state index is 0.0270. The Bertz CT molecular complexity index is 658. The molecule has 0 aromatic carbocycles. The van der Waals surface area contributed by atoms with Gasteiger partial charge in [0.15, 0.2) is 10.8 Å². The highest BCUT2D eigenvalue weighted by molar-refractivity contribution is 7.99. The molecule has 0 aliphatic rings. The number of hydrogen-bond donors (Lipinski definition) is 0. The number of ether oxygens (including phenoxy) is 1. The van der Waals surface area contributed by atoms with E-state index < -0.39 is 17.7 Å². The second-order valence-corrected chi connectivity index (χ2v) is 5.43. The molecule has 22 heavy (non-hydrogen) atoms. The van der Waals surface area contributed by atoms with Crippen molar-refractivity contribution >= 4 is 23.4 Å². The first-order valence-corrected chi connectivity index (χ1v) is 7.60. The highest BCUT2D eigenvalue weighted by atomic mass is 32.2. The van der Waals surface area contributed by atoms with Crippen LogP contribution in [-0.4, -0.2) is 32.9 Å². The number of rotatable bonds is 6. The molecular weight excluding hydrogens is 319 g/mol. The summed E-state index contributed by atoms with van der Waals surface area (Å²) in [5.74, 6) is -0.456. The molecule has 0 aliphatic carbocycles. The molecule has 0 N–H and O–H groups in total. The van der Waals surface area contributed by atoms with Gasteiger partial charge in [0.25, 0.3) is 0 Å². The zero-order chi connectivity index (χ0) is 16.2. The maximum Gasteiger partial charge on any atom is 0.417 e. The van der Waals surface area contributed by atoms with Crippen molar-refractivity contribution in [2.24, 2.45) is 0 Å². The Morgan fingerprint density at radius 1 is 1.36 bits per heavy atom. The van der Waals surface area contributed by atoms with Crippen molar-refractivity contribution in [1.29, 1.82) is 0 Å². The molecule has 0 unspecified atom stereocenters. The zero-order valence-corrected chi connectivity index (χ0v) is 12.6. The maximum atomic E-state index is 12.7. The second-order valence-electron chi connectivity index (χ2n) is 4.49. The molecule has 0 atom stereocenters. The van der Waals surface area contributed by atoms with E-state index in [0.29, 0.717) is 6.61 Å². The summed E-state index contributed by atoms with van der Waals surface area (Å²) in [5.41, 5.74) is -0.512. The summed E-state index contributed by atoms with van der Waals surface area (Å²) in [4.78, 5) is 11.5. The van der Waals surface area contributed by atoms with Gasteiger partial charge in [0.2, 0.25) is 0 Å². The lowest BCUT2D eigenvalue weighted by atomic mass is 10.3. The number of halogens is 3. The minimum Gasteiger partial charge on any atom is -0.465 e. The van der Waals surface area contributed by atoms with Gasteiger partial charge in [0, 0.05) is 6.20 Å². The number of unbranched alkanes of at least 4 members (excludes halogenated alkanes) is 1. The number of esters is 1. The smallest absolute Gasteiger partial charge is 0.417 e. The van der Waals surface area contributed by atoms with Crippen molar-refractivity contribution in [3.05, 3.63) is 23.9 Å². The predicted molar refractivity (Wildman–Crippen MR) is 74.6 cm³/mol. The van der Waals surface area contributed by atoms with Gasteiger partial charge in [-0.2, -0.15) is 13.2 Å². The molecule has 2 aromatic heterocycles. The number of hydrogen-bond acceptors (Lipinski definition) is 5. The first-order chi connectivity index (χ1) is 10.4. The molecule has 0 amide bonds. The Labute approximate surface area is 128 Å². The number of carbonyl (C=O) groups is 1. The Kier molecular flexibility index (Phi) is 5.28. The Morgan fingerprint density at radius 3 is 2.82 bits per heavy atom. The fourth-order valence-electron chi connectivity index (χ4n) is 1.63. The van der Waals surface area contributed by atoms with Crippen LogP contribution in [0.2, 0.25) is 0 Å². The van der Waals surface area contributed by atoms with Crippen molar-refractivity contribution in [1.82, 2.24) is 14.6 Å². The highest BCUT2D eigenvalue weighted by Crippen LogP contribution is 2.30. The lowest BCUT2D eigenvalue weighted by Crippen LogP contribution is -2.09. The van der Waals surface area contributed by atoms with Gasteiger partial charge in [0.1, 0.15) is 0 Å². The van der Waals surface area contributed by atoms with E-state index in [-0.39, 0.29) is 16.6 Å². The van der Waals surface area contributed by atoms with Crippen LogP contribution < -0.4 is 0 Å². The highest BCUT2D eigenvalue weighted by Gasteiger charge is 2.31. The average molecular weight is 333 g/mol. The van der Waals surface area contributed by atoms with Crippen LogP contribution in [0.25, 0.3) is 5.65 Å². The minimum atomic E-state index is -4.44. The maximum absolute atomic E-state index is 12.7. The molecule has 0 fully saturated rings. The summed E-state index contributed by atoms with van der Waals surface area (Å²) in [7, 11) is 0. The summed E-state index contributed by atoms with van der Waals surface area (Å²) in [6, 6.07) is 2.18. The number of nitrogens with zero attached hydrogens (tertiary/aromatic N) is 3. The molecule has 120 valence electrons. The molecule has 5 nitrogen and oxygen atoms in total. The number of alkyl halides is 3. The third-order valence-electron chi connectivity index (χ3n) is 2.78. The van der Waals surface area contributed by atoms with Gasteiger partial charge in [-0.25, -0.2) is 0 Å². The van der Waals surface area contributed by atoms with Crippen LogP contribution in [-0.2, 0) is 15.7 Å². The predicted octanol–water partition coefficient (Wildman–Crippen LogP) is 3.18. The molecule has 0 saturated heterocycles. The second kappa shape index (κ2) is 6.99. The third kappa shape index (κ3) is 4.12. The number of thioether (sulfide) groups is 1. The molecule has 2 aromatic rings. The van der Waals surface area contributed by atoms with E-state index in [4.69, 9.17) is 4.74 Å². The molecular formula is C13H14F3N3O2S. The molecule has 9 heteroatoms. The largest absolute Gasteiger partial charge is 0.465 e. The normalized spacial score (nSPS) is 11.8. The first kappa shape index (κ1) is 16.6. The number of fused-ring (bicyclic) bond motifs is 1. The van der Waals surface area contributed by atoms with E-state index in [1.54, 1.807) is 0 Å². The van der Waals surface area contributed by atoms with Crippen molar-refractivity contribution in [2.75, 3.05) is 12.4 Å². The van der Waals surface area contributed by atoms with Crippen LogP contribution in [0.5, 0.6) is 0 Å². The molecule has 0 bridgehead atoms. The van der Waals surface area contributed by atoms with Crippen molar-refractivity contribution < 1.29 is 22.7 Å². The van der Waals surface area contributed by atoms with Gasteiger partial charge in [-0.15, -0.1) is 10.2 Å². The van der Waals surface area contributed by atoms with E-state index in [2.05, 4.69) is 10.2 Å². The van der Waals surface area contributed by atoms with Crippen LogP contribution >= 0.6 is 11.8 Å². The van der Waals surface area contributed by atoms with Gasteiger partial charge in [0.05, 0.1) is 17.9 Å². The molecule has 0 radical (unpaired) electrons. The summed E-state index contributed by atoms with van der Waals surface area (Å²) >= 11 is 0.990. The fraction of sp³-hybridized carbons (Fsp3) is 0.462. The summed E-state index contributed by atoms with van der Waals surface area (Å²) in [6.07, 6.45) is -1.84. The average Bonchev–Trinajstić information content (AvgIpc) is 2.87. The van der Waals surface area contributed by atoms with Gasteiger partial charge in [-0.05, 0) is 18.6 Å². The first-order valence-electron chi connectivity index (χ1n) is 6.62. The lowest BCUT2D eigenvalue weighted by molar-refractivity contribution is -0.140. The van der Waals surface area contributed by atoms with Gasteiger partial charge in [-0.1, -0.05) is 25.1 Å². The topological polar surface area (TPSA) is 56.5 Å². The van der Waals surface area contributed by atoms with Crippen molar-refractivity contribution in [3.8, 4) is 0 Å². The number of pyridine rings is 1. The monoisotopic (exact) mass is 333 g/mol. The summed E-state index contributed by atoms with van der Waals surface area (Å²) in [5, 5.41) is 7.77. The van der Waals surface area contributed by atoms with E-state index >= 15 is 0 Å². The van der Waals surface area contributed by atoms with E-state index in [0.717, 1.165) is 36.9 Å². The number of carbonyl (C=O) groups excluding carboxylic acids is 1. The van der Waals surface area contributed by atoms with Crippen LogP contribution in [0.4, 0.5) is 13.2 Å². The third-order valence-corrected chi connectivity index (χ3v) is 3.70. The van der Waals surface area contributed by atoms with Gasteiger partial charge in [-0.3, -0.25) is 9.20 Å². The van der Waals surface area contributed by atoms with Crippen molar-refractivity contribution in [3.63, 3.8) is 0 Å². The number of aromatic nitrogens is 3. The fourth-order valence-corrected chi connectivity index (χ4v) is 2.35.